The van der Waals surface area contributed by atoms with Crippen LogP contribution in [-0.4, -0.2) is 10.2 Å². The van der Waals surface area contributed by atoms with Crippen LogP contribution in [-0.2, 0) is 11.4 Å². The molecule has 150 valence electrons. The predicted octanol–water partition coefficient (Wildman–Crippen LogP) is 6.12. The van der Waals surface area contributed by atoms with E-state index >= 15 is 0 Å². The molecule has 1 heterocycles. The van der Waals surface area contributed by atoms with Crippen molar-refractivity contribution in [3.63, 3.8) is 0 Å². The number of ether oxygens (including phenoxy) is 1. The van der Waals surface area contributed by atoms with Crippen LogP contribution in [0.15, 0.2) is 77.7 Å². The molecule has 0 aromatic heterocycles. The van der Waals surface area contributed by atoms with Crippen molar-refractivity contribution in [2.24, 2.45) is 0 Å². The molecule has 1 aliphatic heterocycles. The van der Waals surface area contributed by atoms with Crippen LogP contribution in [0, 0.1) is 12.7 Å². The Morgan fingerprint density at radius 1 is 1.07 bits per heavy atom. The quantitative estimate of drug-likeness (QED) is 0.357. The maximum atomic E-state index is 13.1. The number of anilines is 1. The summed E-state index contributed by atoms with van der Waals surface area (Å²) in [4.78, 5) is 15.1. The lowest BCUT2D eigenvalue weighted by Gasteiger charge is -2.15. The molecule has 1 aliphatic rings. The van der Waals surface area contributed by atoms with Crippen LogP contribution in [0.3, 0.4) is 0 Å². The van der Waals surface area contributed by atoms with Crippen molar-refractivity contribution < 1.29 is 13.9 Å². The summed E-state index contributed by atoms with van der Waals surface area (Å²) in [7, 11) is 0. The number of aryl methyl sites for hydroxylation is 1. The third-order valence-electron chi connectivity index (χ3n) is 4.57. The van der Waals surface area contributed by atoms with E-state index in [-0.39, 0.29) is 11.7 Å². The first-order chi connectivity index (χ1) is 14.5. The molecule has 0 radical (unpaired) electrons. The number of hydrogen-bond donors (Lipinski definition) is 0. The van der Waals surface area contributed by atoms with Gasteiger partial charge in [0.05, 0.1) is 10.6 Å². The molecule has 1 fully saturated rings. The van der Waals surface area contributed by atoms with E-state index in [0.29, 0.717) is 21.6 Å². The summed E-state index contributed by atoms with van der Waals surface area (Å²) in [5.74, 6) is 0.210. The molecular formula is C24H18FNO2S2. The minimum atomic E-state index is -0.283. The maximum Gasteiger partial charge on any atom is 0.270 e. The molecule has 3 aromatic carbocycles. The molecule has 0 bridgehead atoms. The van der Waals surface area contributed by atoms with Crippen LogP contribution in [0.1, 0.15) is 16.7 Å². The van der Waals surface area contributed by atoms with Crippen molar-refractivity contribution in [2.45, 2.75) is 13.5 Å². The van der Waals surface area contributed by atoms with E-state index in [4.69, 9.17) is 17.0 Å². The summed E-state index contributed by atoms with van der Waals surface area (Å²) in [6.45, 7) is 2.28. The second-order valence-electron chi connectivity index (χ2n) is 6.81. The van der Waals surface area contributed by atoms with E-state index in [9.17, 15) is 9.18 Å². The summed E-state index contributed by atoms with van der Waals surface area (Å²) in [5, 5.41) is 0. The van der Waals surface area contributed by atoms with Crippen molar-refractivity contribution in [1.82, 2.24) is 0 Å². The van der Waals surface area contributed by atoms with Gasteiger partial charge in [0.1, 0.15) is 18.2 Å². The van der Waals surface area contributed by atoms with Gasteiger partial charge in [-0.2, -0.15) is 0 Å². The highest BCUT2D eigenvalue weighted by Crippen LogP contribution is 2.37. The fourth-order valence-corrected chi connectivity index (χ4v) is 4.36. The molecule has 0 N–H and O–H groups in total. The Morgan fingerprint density at radius 3 is 2.60 bits per heavy atom. The summed E-state index contributed by atoms with van der Waals surface area (Å²) < 4.78 is 19.5. The fraction of sp³-hybridized carbons (Fsp3) is 0.0833. The Morgan fingerprint density at radius 2 is 1.83 bits per heavy atom. The molecule has 1 saturated heterocycles. The van der Waals surface area contributed by atoms with Gasteiger partial charge in [0.2, 0.25) is 0 Å². The fourth-order valence-electron chi connectivity index (χ4n) is 3.07. The molecule has 6 heteroatoms. The van der Waals surface area contributed by atoms with Gasteiger partial charge in [-0.25, -0.2) is 4.39 Å². The van der Waals surface area contributed by atoms with Gasteiger partial charge in [0.15, 0.2) is 4.32 Å². The number of para-hydroxylation sites is 1. The number of hydrogen-bond acceptors (Lipinski definition) is 4. The standard InChI is InChI=1S/C24H18FNO2S2/c1-16-5-4-7-20(13-16)26-23(27)22(30-24(26)29)14-18-6-2-3-8-21(18)28-15-17-9-11-19(25)12-10-17/h2-14H,15H2,1H3. The SMILES string of the molecule is Cc1cccc(N2C(=O)C(=Cc3ccccc3OCc3ccc(F)cc3)SC2=S)c1. The molecule has 3 aromatic rings. The Hall–Kier alpha value is -2.96. The summed E-state index contributed by atoms with van der Waals surface area (Å²) in [5.41, 5.74) is 3.47. The molecular weight excluding hydrogens is 417 g/mol. The van der Waals surface area contributed by atoms with E-state index in [1.165, 1.54) is 23.9 Å². The van der Waals surface area contributed by atoms with E-state index in [0.717, 1.165) is 22.4 Å². The first-order valence-corrected chi connectivity index (χ1v) is 10.5. The highest BCUT2D eigenvalue weighted by atomic mass is 32.2. The lowest BCUT2D eigenvalue weighted by molar-refractivity contribution is -0.113. The monoisotopic (exact) mass is 435 g/mol. The smallest absolute Gasteiger partial charge is 0.270 e. The van der Waals surface area contributed by atoms with Crippen LogP contribution in [0.4, 0.5) is 10.1 Å². The van der Waals surface area contributed by atoms with Crippen molar-refractivity contribution in [3.05, 3.63) is 100 Å². The molecule has 0 atom stereocenters. The number of amides is 1. The topological polar surface area (TPSA) is 29.5 Å². The van der Waals surface area contributed by atoms with E-state index in [2.05, 4.69) is 0 Å². The number of thioether (sulfide) groups is 1. The number of carbonyl (C=O) groups is 1. The predicted molar refractivity (Wildman–Crippen MR) is 124 cm³/mol. The highest BCUT2D eigenvalue weighted by Gasteiger charge is 2.33. The zero-order valence-corrected chi connectivity index (χ0v) is 17.8. The van der Waals surface area contributed by atoms with E-state index in [1.54, 1.807) is 23.1 Å². The number of rotatable bonds is 5. The van der Waals surface area contributed by atoms with Crippen molar-refractivity contribution in [1.29, 1.82) is 0 Å². The minimum absolute atomic E-state index is 0.149. The van der Waals surface area contributed by atoms with Gasteiger partial charge in [-0.1, -0.05) is 66.4 Å². The van der Waals surface area contributed by atoms with Crippen LogP contribution < -0.4 is 9.64 Å². The number of carbonyl (C=O) groups excluding carboxylic acids is 1. The molecule has 0 spiro atoms. The van der Waals surface area contributed by atoms with Gasteiger partial charge in [-0.05, 0) is 54.5 Å². The molecule has 0 aliphatic carbocycles. The van der Waals surface area contributed by atoms with Gasteiger partial charge in [-0.15, -0.1) is 0 Å². The second kappa shape index (κ2) is 8.81. The van der Waals surface area contributed by atoms with Gasteiger partial charge in [-0.3, -0.25) is 9.69 Å². The zero-order chi connectivity index (χ0) is 21.1. The minimum Gasteiger partial charge on any atom is -0.488 e. The molecule has 0 saturated carbocycles. The maximum absolute atomic E-state index is 13.1. The first-order valence-electron chi connectivity index (χ1n) is 9.32. The average molecular weight is 436 g/mol. The van der Waals surface area contributed by atoms with E-state index < -0.39 is 0 Å². The molecule has 4 rings (SSSR count). The number of halogens is 1. The van der Waals surface area contributed by atoms with E-state index in [1.807, 2.05) is 55.5 Å². The Balaban J connectivity index is 1.57. The molecule has 1 amide bonds. The van der Waals surface area contributed by atoms with Gasteiger partial charge in [0.25, 0.3) is 5.91 Å². The zero-order valence-electron chi connectivity index (χ0n) is 16.2. The van der Waals surface area contributed by atoms with Crippen LogP contribution in [0.2, 0.25) is 0 Å². The number of benzene rings is 3. The van der Waals surface area contributed by atoms with Crippen molar-refractivity contribution in [2.75, 3.05) is 4.90 Å². The Labute approximate surface area is 184 Å². The average Bonchev–Trinajstić information content (AvgIpc) is 3.01. The Kier molecular flexibility index (Phi) is 5.97. The number of nitrogens with zero attached hydrogens (tertiary/aromatic N) is 1. The lowest BCUT2D eigenvalue weighted by atomic mass is 10.1. The highest BCUT2D eigenvalue weighted by molar-refractivity contribution is 8.27. The number of thiocarbonyl (C=S) groups is 1. The Bertz CT molecular complexity index is 1140. The summed E-state index contributed by atoms with van der Waals surface area (Å²) >= 11 is 6.73. The normalized spacial score (nSPS) is 15.1. The van der Waals surface area contributed by atoms with Gasteiger partial charge < -0.3 is 4.74 Å². The van der Waals surface area contributed by atoms with Crippen molar-refractivity contribution >= 4 is 46.0 Å². The lowest BCUT2D eigenvalue weighted by Crippen LogP contribution is -2.27. The van der Waals surface area contributed by atoms with Gasteiger partial charge in [0, 0.05) is 5.56 Å². The van der Waals surface area contributed by atoms with Crippen molar-refractivity contribution in [3.8, 4) is 5.75 Å². The first kappa shape index (κ1) is 20.3. The van der Waals surface area contributed by atoms with Crippen LogP contribution >= 0.6 is 24.0 Å². The third kappa shape index (κ3) is 4.45. The summed E-state index contributed by atoms with van der Waals surface area (Å²) in [6, 6.07) is 21.4. The van der Waals surface area contributed by atoms with Gasteiger partial charge >= 0.3 is 0 Å². The largest absolute Gasteiger partial charge is 0.488 e. The summed E-state index contributed by atoms with van der Waals surface area (Å²) in [6.07, 6.45) is 1.80. The molecule has 30 heavy (non-hydrogen) atoms. The second-order valence-corrected chi connectivity index (χ2v) is 8.48. The third-order valence-corrected chi connectivity index (χ3v) is 5.87. The van der Waals surface area contributed by atoms with Crippen LogP contribution in [0.25, 0.3) is 6.08 Å². The van der Waals surface area contributed by atoms with Crippen LogP contribution in [0.5, 0.6) is 5.75 Å². The molecule has 3 nitrogen and oxygen atoms in total. The molecule has 0 unspecified atom stereocenters.